The van der Waals surface area contributed by atoms with Crippen LogP contribution in [0.15, 0.2) is 18.2 Å². The second-order valence-electron chi connectivity index (χ2n) is 7.22. The number of anilines is 1. The molecule has 1 fully saturated rings. The molecule has 1 saturated carbocycles. The van der Waals surface area contributed by atoms with E-state index in [1.165, 1.54) is 4.88 Å². The summed E-state index contributed by atoms with van der Waals surface area (Å²) in [5.41, 5.74) is 2.73. The van der Waals surface area contributed by atoms with E-state index in [2.05, 4.69) is 22.5 Å². The van der Waals surface area contributed by atoms with Crippen LogP contribution in [0, 0.1) is 26.7 Å². The molecule has 2 aromatic rings. The van der Waals surface area contributed by atoms with Gasteiger partial charge in [-0.05, 0) is 64.5 Å². The molecule has 1 aliphatic rings. The Morgan fingerprint density at radius 1 is 1.23 bits per heavy atom. The maximum absolute atomic E-state index is 12.5. The monoisotopic (exact) mass is 391 g/mol. The maximum atomic E-state index is 12.5. The lowest BCUT2D eigenvalue weighted by Crippen LogP contribution is -2.38. The van der Waals surface area contributed by atoms with Crippen LogP contribution in [0.4, 0.5) is 5.13 Å². The molecule has 140 valence electrons. The number of hydrogen-bond donors (Lipinski definition) is 2. The molecule has 1 aliphatic carbocycles. The number of halogens is 1. The standard InChI is InChI=1S/C20H26ClN3OS/c1-12-4-9-18(21)17(10-12)19(25)24-16-7-5-15(6-8-16)11-22-20-23-13(2)14(3)26-20/h4,9-10,15-16H,5-8,11H2,1-3H3,(H,22,23)(H,24,25)/t15-,16-. The van der Waals surface area contributed by atoms with E-state index in [1.807, 2.05) is 26.0 Å². The van der Waals surface area contributed by atoms with Crippen molar-refractivity contribution in [1.29, 1.82) is 0 Å². The van der Waals surface area contributed by atoms with Crippen molar-refractivity contribution in [3.05, 3.63) is 44.9 Å². The summed E-state index contributed by atoms with van der Waals surface area (Å²) in [5.74, 6) is 0.573. The average molecular weight is 392 g/mol. The van der Waals surface area contributed by atoms with Crippen LogP contribution >= 0.6 is 22.9 Å². The van der Waals surface area contributed by atoms with Crippen molar-refractivity contribution in [3.8, 4) is 0 Å². The highest BCUT2D eigenvalue weighted by atomic mass is 35.5. The number of hydrogen-bond acceptors (Lipinski definition) is 4. The summed E-state index contributed by atoms with van der Waals surface area (Å²) in [4.78, 5) is 18.3. The van der Waals surface area contributed by atoms with E-state index in [9.17, 15) is 4.79 Å². The molecular weight excluding hydrogens is 366 g/mol. The van der Waals surface area contributed by atoms with Gasteiger partial charge >= 0.3 is 0 Å². The fourth-order valence-corrected chi connectivity index (χ4v) is 4.39. The number of carbonyl (C=O) groups is 1. The molecule has 0 spiro atoms. The van der Waals surface area contributed by atoms with Crippen molar-refractivity contribution in [2.24, 2.45) is 5.92 Å². The van der Waals surface area contributed by atoms with Crippen molar-refractivity contribution in [2.75, 3.05) is 11.9 Å². The van der Waals surface area contributed by atoms with Gasteiger partial charge in [0.05, 0.1) is 16.3 Å². The van der Waals surface area contributed by atoms with E-state index in [4.69, 9.17) is 11.6 Å². The van der Waals surface area contributed by atoms with Crippen molar-refractivity contribution < 1.29 is 4.79 Å². The smallest absolute Gasteiger partial charge is 0.253 e. The van der Waals surface area contributed by atoms with Crippen LogP contribution in [0.1, 0.15) is 52.2 Å². The van der Waals surface area contributed by atoms with E-state index in [-0.39, 0.29) is 11.9 Å². The molecule has 6 heteroatoms. The van der Waals surface area contributed by atoms with Gasteiger partial charge in [0.15, 0.2) is 5.13 Å². The third kappa shape index (κ3) is 4.77. The molecular formula is C20H26ClN3OS. The number of nitrogens with zero attached hydrogens (tertiary/aromatic N) is 1. The lowest BCUT2D eigenvalue weighted by atomic mass is 9.86. The Morgan fingerprint density at radius 3 is 2.62 bits per heavy atom. The predicted molar refractivity (Wildman–Crippen MR) is 109 cm³/mol. The minimum absolute atomic E-state index is 0.0611. The number of aryl methyl sites for hydroxylation is 3. The quantitative estimate of drug-likeness (QED) is 0.743. The summed E-state index contributed by atoms with van der Waals surface area (Å²) >= 11 is 7.89. The van der Waals surface area contributed by atoms with Crippen molar-refractivity contribution in [2.45, 2.75) is 52.5 Å². The third-order valence-corrected chi connectivity index (χ3v) is 6.48. The summed E-state index contributed by atoms with van der Waals surface area (Å²) in [6, 6.07) is 5.80. The molecule has 0 atom stereocenters. The molecule has 0 unspecified atom stereocenters. The fraction of sp³-hybridized carbons (Fsp3) is 0.500. The van der Waals surface area contributed by atoms with Crippen LogP contribution in [-0.4, -0.2) is 23.5 Å². The largest absolute Gasteiger partial charge is 0.361 e. The van der Waals surface area contributed by atoms with Gasteiger partial charge in [0.1, 0.15) is 0 Å². The molecule has 0 radical (unpaired) electrons. The SMILES string of the molecule is Cc1ccc(Cl)c(C(=O)N[C@H]2CC[C@H](CNc3nc(C)c(C)s3)CC2)c1. The maximum Gasteiger partial charge on any atom is 0.253 e. The Hall–Kier alpha value is -1.59. The van der Waals surface area contributed by atoms with Gasteiger partial charge in [0, 0.05) is 17.5 Å². The Labute approximate surface area is 164 Å². The zero-order chi connectivity index (χ0) is 18.7. The molecule has 4 nitrogen and oxygen atoms in total. The summed E-state index contributed by atoms with van der Waals surface area (Å²) in [5, 5.41) is 8.16. The lowest BCUT2D eigenvalue weighted by molar-refractivity contribution is 0.0923. The van der Waals surface area contributed by atoms with Crippen molar-refractivity contribution in [1.82, 2.24) is 10.3 Å². The van der Waals surface area contributed by atoms with E-state index in [1.54, 1.807) is 17.4 Å². The van der Waals surface area contributed by atoms with E-state index in [0.29, 0.717) is 16.5 Å². The zero-order valence-corrected chi connectivity index (χ0v) is 17.1. The predicted octanol–water partition coefficient (Wildman–Crippen LogP) is 5.12. The van der Waals surface area contributed by atoms with Crippen LogP contribution in [-0.2, 0) is 0 Å². The summed E-state index contributed by atoms with van der Waals surface area (Å²) in [6.07, 6.45) is 4.25. The number of amides is 1. The van der Waals surface area contributed by atoms with Gasteiger partial charge in [-0.25, -0.2) is 4.98 Å². The molecule has 2 N–H and O–H groups in total. The van der Waals surface area contributed by atoms with E-state index in [0.717, 1.165) is 48.6 Å². The van der Waals surface area contributed by atoms with Crippen LogP contribution < -0.4 is 10.6 Å². The number of carbonyl (C=O) groups excluding carboxylic acids is 1. The minimum Gasteiger partial charge on any atom is -0.361 e. The molecule has 1 heterocycles. The molecule has 0 aliphatic heterocycles. The Morgan fingerprint density at radius 2 is 1.96 bits per heavy atom. The van der Waals surface area contributed by atoms with E-state index < -0.39 is 0 Å². The topological polar surface area (TPSA) is 54.0 Å². The Balaban J connectivity index is 1.46. The first-order chi connectivity index (χ1) is 12.4. The fourth-order valence-electron chi connectivity index (χ4n) is 3.37. The normalized spacial score (nSPS) is 20.0. The highest BCUT2D eigenvalue weighted by Crippen LogP contribution is 2.27. The highest BCUT2D eigenvalue weighted by molar-refractivity contribution is 7.15. The van der Waals surface area contributed by atoms with Gasteiger partial charge in [0.2, 0.25) is 0 Å². The van der Waals surface area contributed by atoms with Crippen LogP contribution in [0.2, 0.25) is 5.02 Å². The molecule has 0 bridgehead atoms. The number of nitrogens with one attached hydrogen (secondary N) is 2. The third-order valence-electron chi connectivity index (χ3n) is 5.12. The first-order valence-electron chi connectivity index (χ1n) is 9.17. The van der Waals surface area contributed by atoms with Gasteiger partial charge < -0.3 is 10.6 Å². The lowest BCUT2D eigenvalue weighted by Gasteiger charge is -2.29. The summed E-state index contributed by atoms with van der Waals surface area (Å²) in [6.45, 7) is 7.07. The zero-order valence-electron chi connectivity index (χ0n) is 15.6. The molecule has 3 rings (SSSR count). The minimum atomic E-state index is -0.0611. The van der Waals surface area contributed by atoms with Gasteiger partial charge in [-0.3, -0.25) is 4.79 Å². The second-order valence-corrected chi connectivity index (χ2v) is 8.83. The summed E-state index contributed by atoms with van der Waals surface area (Å²) < 4.78 is 0. The van der Waals surface area contributed by atoms with Crippen molar-refractivity contribution >= 4 is 34.0 Å². The summed E-state index contributed by atoms with van der Waals surface area (Å²) in [7, 11) is 0. The van der Waals surface area contributed by atoms with Gasteiger partial charge in [-0.2, -0.15) is 0 Å². The Bertz CT molecular complexity index is 762. The van der Waals surface area contributed by atoms with Crippen LogP contribution in [0.3, 0.4) is 0 Å². The highest BCUT2D eigenvalue weighted by Gasteiger charge is 2.23. The van der Waals surface area contributed by atoms with E-state index >= 15 is 0 Å². The molecule has 26 heavy (non-hydrogen) atoms. The van der Waals surface area contributed by atoms with Gasteiger partial charge in [-0.15, -0.1) is 11.3 Å². The molecule has 0 saturated heterocycles. The number of rotatable bonds is 5. The molecule has 1 amide bonds. The number of benzene rings is 1. The van der Waals surface area contributed by atoms with Gasteiger partial charge in [0.25, 0.3) is 5.91 Å². The average Bonchev–Trinajstić information content (AvgIpc) is 2.94. The number of thiazole rings is 1. The second kappa shape index (κ2) is 8.40. The first-order valence-corrected chi connectivity index (χ1v) is 10.4. The van der Waals surface area contributed by atoms with Crippen LogP contribution in [0.5, 0.6) is 0 Å². The molecule has 1 aromatic carbocycles. The van der Waals surface area contributed by atoms with Crippen molar-refractivity contribution in [3.63, 3.8) is 0 Å². The number of aromatic nitrogens is 1. The molecule has 1 aromatic heterocycles. The van der Waals surface area contributed by atoms with Gasteiger partial charge in [-0.1, -0.05) is 23.2 Å². The Kier molecular flexibility index (Phi) is 6.20. The first kappa shape index (κ1) is 19.2. The van der Waals surface area contributed by atoms with Crippen LogP contribution in [0.25, 0.3) is 0 Å².